The largest absolute Gasteiger partial charge is 0.412 e. The number of rotatable bonds is 5. The first kappa shape index (κ1) is 21.1. The zero-order chi connectivity index (χ0) is 20.5. The van der Waals surface area contributed by atoms with Gasteiger partial charge in [-0.25, -0.2) is 4.98 Å². The lowest BCUT2D eigenvalue weighted by atomic mass is 10.2. The maximum atomic E-state index is 12.3. The van der Waals surface area contributed by atoms with Crippen LogP contribution in [0, 0.1) is 0 Å². The van der Waals surface area contributed by atoms with Crippen molar-refractivity contribution >= 4 is 25.9 Å². The van der Waals surface area contributed by atoms with Crippen LogP contribution < -0.4 is 10.5 Å². The second kappa shape index (κ2) is 8.04. The molecule has 28 heavy (non-hydrogen) atoms. The molecule has 0 radical (unpaired) electrons. The van der Waals surface area contributed by atoms with Gasteiger partial charge in [0.2, 0.25) is 0 Å². The average Bonchev–Trinajstić information content (AvgIpc) is 3.08. The highest BCUT2D eigenvalue weighted by molar-refractivity contribution is 7.98. The Morgan fingerprint density at radius 3 is 2.57 bits per heavy atom. The van der Waals surface area contributed by atoms with Gasteiger partial charge < -0.3 is 9.33 Å². The third-order valence-electron chi connectivity index (χ3n) is 5.87. The Kier molecular flexibility index (Phi) is 6.07. The molecule has 0 unspecified atom stereocenters. The lowest BCUT2D eigenvalue weighted by molar-refractivity contribution is 0.202. The summed E-state index contributed by atoms with van der Waals surface area (Å²) >= 11 is 1.57. The second-order valence-electron chi connectivity index (χ2n) is 8.88. The molecule has 2 aromatic rings. The number of hydrogen-bond donors (Lipinski definition) is 0. The maximum absolute atomic E-state index is 12.3. The van der Waals surface area contributed by atoms with Crippen LogP contribution in [0.1, 0.15) is 27.2 Å². The Hall–Kier alpha value is -1.57. The van der Waals surface area contributed by atoms with Crippen LogP contribution in [0.2, 0.25) is 18.1 Å². The Bertz CT molecular complexity index is 874. The first-order valence-electron chi connectivity index (χ1n) is 9.76. The molecule has 0 aromatic carbocycles. The summed E-state index contributed by atoms with van der Waals surface area (Å²) < 4.78 is 8.20. The number of anilines is 1. The summed E-state index contributed by atoms with van der Waals surface area (Å²) in [5.41, 5.74) is 0.750. The Morgan fingerprint density at radius 2 is 2.00 bits per heavy atom. The van der Waals surface area contributed by atoms with E-state index in [1.165, 1.54) is 0 Å². The number of thioether (sulfide) groups is 1. The lowest BCUT2D eigenvalue weighted by Gasteiger charge is -2.38. The monoisotopic (exact) mass is 417 g/mol. The smallest absolute Gasteiger partial charge is 0.256 e. The molecule has 7 heteroatoms. The fraction of sp³-hybridized carbons (Fsp3) is 0.524. The van der Waals surface area contributed by atoms with Crippen LogP contribution in [-0.2, 0) is 4.43 Å². The number of aromatic nitrogens is 2. The summed E-state index contributed by atoms with van der Waals surface area (Å²) in [6.45, 7) is 13.3. The van der Waals surface area contributed by atoms with Crippen LogP contribution in [0.15, 0.2) is 46.3 Å². The van der Waals surface area contributed by atoms with E-state index in [0.717, 1.165) is 35.9 Å². The molecule has 5 nitrogen and oxygen atoms in total. The highest BCUT2D eigenvalue weighted by Gasteiger charge is 2.40. The highest BCUT2D eigenvalue weighted by atomic mass is 32.2. The molecule has 1 aliphatic heterocycles. The molecule has 3 rings (SSSR count). The van der Waals surface area contributed by atoms with Crippen molar-refractivity contribution in [3.63, 3.8) is 0 Å². The zero-order valence-electron chi connectivity index (χ0n) is 17.7. The van der Waals surface area contributed by atoms with Crippen molar-refractivity contribution < 1.29 is 4.43 Å². The zero-order valence-corrected chi connectivity index (χ0v) is 19.5. The van der Waals surface area contributed by atoms with E-state index in [9.17, 15) is 4.79 Å². The Labute approximate surface area is 173 Å². The van der Waals surface area contributed by atoms with E-state index in [1.54, 1.807) is 28.6 Å². The molecule has 0 amide bonds. The maximum Gasteiger partial charge on any atom is 0.256 e. The van der Waals surface area contributed by atoms with Gasteiger partial charge in [-0.1, -0.05) is 20.8 Å². The van der Waals surface area contributed by atoms with E-state index in [0.29, 0.717) is 0 Å². The molecule has 3 heterocycles. The van der Waals surface area contributed by atoms with E-state index in [1.807, 2.05) is 30.7 Å². The van der Waals surface area contributed by atoms with Gasteiger partial charge in [0.15, 0.2) is 8.32 Å². The van der Waals surface area contributed by atoms with Crippen molar-refractivity contribution in [2.24, 2.45) is 0 Å². The van der Waals surface area contributed by atoms with E-state index in [-0.39, 0.29) is 16.7 Å². The van der Waals surface area contributed by atoms with Crippen molar-refractivity contribution in [3.05, 3.63) is 47.0 Å². The molecular formula is C21H31N3O2SSi. The van der Waals surface area contributed by atoms with Crippen molar-refractivity contribution in [3.8, 4) is 5.69 Å². The van der Waals surface area contributed by atoms with Crippen molar-refractivity contribution in [2.75, 3.05) is 24.2 Å². The summed E-state index contributed by atoms with van der Waals surface area (Å²) in [5, 5.41) is 0.222. The van der Waals surface area contributed by atoms with Gasteiger partial charge >= 0.3 is 0 Å². The van der Waals surface area contributed by atoms with Crippen LogP contribution in [0.4, 0.5) is 5.82 Å². The molecule has 0 spiro atoms. The quantitative estimate of drug-likeness (QED) is 0.527. The number of hydrogen-bond acceptors (Lipinski definition) is 5. The molecule has 1 fully saturated rings. The van der Waals surface area contributed by atoms with Gasteiger partial charge in [0, 0.05) is 30.2 Å². The summed E-state index contributed by atoms with van der Waals surface area (Å²) in [5.74, 6) is 0.943. The molecule has 1 atom stereocenters. The summed E-state index contributed by atoms with van der Waals surface area (Å²) in [4.78, 5) is 20.2. The van der Waals surface area contributed by atoms with Crippen molar-refractivity contribution in [1.29, 1.82) is 0 Å². The molecule has 0 saturated carbocycles. The molecule has 2 aromatic heterocycles. The standard InChI is InChI=1S/C21H31N3O2SSi/c1-21(2,3)28(5,6)26-17-9-11-23(15-17)19-8-7-16(14-22-19)24-12-10-18(27-4)13-20(24)25/h7-8,10,12-14,17H,9,11,15H2,1-6H3/t17-/m1/s1. The fourth-order valence-corrected chi connectivity index (χ4v) is 4.93. The first-order chi connectivity index (χ1) is 13.1. The first-order valence-corrected chi connectivity index (χ1v) is 13.9. The fourth-order valence-electron chi connectivity index (χ4n) is 3.13. The molecule has 0 N–H and O–H groups in total. The topological polar surface area (TPSA) is 47.4 Å². The van der Waals surface area contributed by atoms with Gasteiger partial charge in [0.05, 0.1) is 18.0 Å². The second-order valence-corrected chi connectivity index (χ2v) is 14.5. The van der Waals surface area contributed by atoms with Crippen LogP contribution >= 0.6 is 11.8 Å². The molecule has 152 valence electrons. The van der Waals surface area contributed by atoms with Gasteiger partial charge in [0.25, 0.3) is 5.56 Å². The van der Waals surface area contributed by atoms with E-state index >= 15 is 0 Å². The van der Waals surface area contributed by atoms with Gasteiger partial charge in [-0.3, -0.25) is 9.36 Å². The van der Waals surface area contributed by atoms with Crippen LogP contribution in [0.25, 0.3) is 5.69 Å². The predicted octanol–water partition coefficient (Wildman–Crippen LogP) is 4.55. The van der Waals surface area contributed by atoms with Gasteiger partial charge in [-0.15, -0.1) is 11.8 Å². The SMILES string of the molecule is CSc1ccn(-c2ccc(N3CC[C@@H](O[Si](C)(C)C(C)(C)C)C3)nc2)c(=O)c1. The average molecular weight is 418 g/mol. The van der Waals surface area contributed by atoms with Gasteiger partial charge in [-0.05, 0) is 49.0 Å². The molecule has 1 aliphatic rings. The Morgan fingerprint density at radius 1 is 1.25 bits per heavy atom. The molecule has 0 aliphatic carbocycles. The molecule has 0 bridgehead atoms. The van der Waals surface area contributed by atoms with E-state index in [4.69, 9.17) is 4.43 Å². The van der Waals surface area contributed by atoms with Crippen LogP contribution in [0.5, 0.6) is 0 Å². The third-order valence-corrected chi connectivity index (χ3v) is 11.1. The minimum Gasteiger partial charge on any atom is -0.412 e. The lowest BCUT2D eigenvalue weighted by Crippen LogP contribution is -2.44. The normalized spacial score (nSPS) is 17.9. The number of nitrogens with zero attached hydrogens (tertiary/aromatic N) is 3. The summed E-state index contributed by atoms with van der Waals surface area (Å²) in [6.07, 6.45) is 6.85. The predicted molar refractivity (Wildman–Crippen MR) is 121 cm³/mol. The van der Waals surface area contributed by atoms with Crippen LogP contribution in [-0.4, -0.2) is 43.3 Å². The Balaban J connectivity index is 1.69. The third kappa shape index (κ3) is 4.53. The molecule has 1 saturated heterocycles. The highest BCUT2D eigenvalue weighted by Crippen LogP contribution is 2.38. The van der Waals surface area contributed by atoms with Crippen LogP contribution in [0.3, 0.4) is 0 Å². The summed E-state index contributed by atoms with van der Waals surface area (Å²) in [6, 6.07) is 7.56. The van der Waals surface area contributed by atoms with Gasteiger partial charge in [0.1, 0.15) is 5.82 Å². The minimum atomic E-state index is -1.75. The van der Waals surface area contributed by atoms with Crippen molar-refractivity contribution in [1.82, 2.24) is 9.55 Å². The summed E-state index contributed by atoms with van der Waals surface area (Å²) in [7, 11) is -1.75. The van der Waals surface area contributed by atoms with E-state index < -0.39 is 8.32 Å². The minimum absolute atomic E-state index is 0.0367. The number of pyridine rings is 2. The van der Waals surface area contributed by atoms with Crippen molar-refractivity contribution in [2.45, 2.75) is 56.3 Å². The van der Waals surface area contributed by atoms with E-state index in [2.05, 4.69) is 43.7 Å². The van der Waals surface area contributed by atoms with Gasteiger partial charge in [-0.2, -0.15) is 0 Å². The molecular weight excluding hydrogens is 386 g/mol.